The molecule has 2 aliphatic heterocycles. The number of thioether (sulfide) groups is 1. The summed E-state index contributed by atoms with van der Waals surface area (Å²) in [5.41, 5.74) is 1.78. The highest BCUT2D eigenvalue weighted by Gasteiger charge is 2.35. The summed E-state index contributed by atoms with van der Waals surface area (Å²) in [6.07, 6.45) is 1.89. The number of carbonyl (C=O) groups excluding carboxylic acids is 1. The second kappa shape index (κ2) is 7.70. The van der Waals surface area contributed by atoms with E-state index in [1.807, 2.05) is 46.2 Å². The fourth-order valence-electron chi connectivity index (χ4n) is 4.63. The van der Waals surface area contributed by atoms with E-state index in [1.165, 1.54) is 0 Å². The van der Waals surface area contributed by atoms with Crippen LogP contribution in [0.15, 0.2) is 23.0 Å². The summed E-state index contributed by atoms with van der Waals surface area (Å²) in [6.45, 7) is 5.08. The molecule has 1 amide bonds. The van der Waals surface area contributed by atoms with Gasteiger partial charge in [0.15, 0.2) is 5.82 Å². The molecule has 5 rings (SSSR count). The number of hydrogen-bond donors (Lipinski definition) is 0. The van der Waals surface area contributed by atoms with Crippen molar-refractivity contribution in [1.29, 1.82) is 0 Å². The molecule has 2 aliphatic rings. The lowest BCUT2D eigenvalue weighted by molar-refractivity contribution is -0.135. The van der Waals surface area contributed by atoms with Crippen molar-refractivity contribution in [3.63, 3.8) is 0 Å². The quantitative estimate of drug-likeness (QED) is 0.631. The minimum atomic E-state index is -0.0958. The number of fused-ring (bicyclic) bond motifs is 3. The van der Waals surface area contributed by atoms with Crippen LogP contribution in [-0.4, -0.2) is 72.1 Å². The largest absolute Gasteiger partial charge is 0.340 e. The number of hydrogen-bond acceptors (Lipinski definition) is 6. The minimum absolute atomic E-state index is 0.0719. The van der Waals surface area contributed by atoms with E-state index in [2.05, 4.69) is 15.1 Å². The molecule has 1 unspecified atom stereocenters. The third-order valence-electron chi connectivity index (χ3n) is 6.26. The van der Waals surface area contributed by atoms with Gasteiger partial charge in [0.2, 0.25) is 11.7 Å². The van der Waals surface area contributed by atoms with Crippen molar-refractivity contribution in [3.05, 3.63) is 39.9 Å². The maximum Gasteiger partial charge on any atom is 0.262 e. The van der Waals surface area contributed by atoms with E-state index in [9.17, 15) is 9.59 Å². The average molecular weight is 427 g/mol. The van der Waals surface area contributed by atoms with Crippen molar-refractivity contribution < 1.29 is 4.79 Å². The lowest BCUT2D eigenvalue weighted by Gasteiger charge is -2.32. The topological polar surface area (TPSA) is 75.7 Å². The lowest BCUT2D eigenvalue weighted by Crippen LogP contribution is -2.48. The molecule has 0 radical (unpaired) electrons. The molecule has 0 N–H and O–H groups in total. The molecule has 2 saturated heterocycles. The first-order valence-electron chi connectivity index (χ1n) is 10.5. The standard InChI is InChI=1S/C21H26N6O2S/c1-14-5-6-16-15(12-14)19(28)24(2)21-23-22-18(27(16)21)13-26-7-3-4-17(26)20(29)25-8-10-30-11-9-25/h5-6,12,17H,3-4,7-11,13H2,1-2H3. The Kier molecular flexibility index (Phi) is 5.02. The summed E-state index contributed by atoms with van der Waals surface area (Å²) in [6, 6.07) is 5.78. The number of amides is 1. The smallest absolute Gasteiger partial charge is 0.262 e. The third-order valence-corrected chi connectivity index (χ3v) is 7.20. The van der Waals surface area contributed by atoms with Crippen molar-refractivity contribution in [2.24, 2.45) is 7.05 Å². The molecule has 8 nitrogen and oxygen atoms in total. The van der Waals surface area contributed by atoms with Crippen molar-refractivity contribution in [1.82, 2.24) is 29.0 Å². The van der Waals surface area contributed by atoms with Gasteiger partial charge in [0.05, 0.1) is 23.5 Å². The lowest BCUT2D eigenvalue weighted by atomic mass is 10.1. The van der Waals surface area contributed by atoms with E-state index in [1.54, 1.807) is 11.6 Å². The van der Waals surface area contributed by atoms with Crippen LogP contribution in [-0.2, 0) is 18.4 Å². The number of aryl methyl sites for hydroxylation is 2. The third kappa shape index (κ3) is 3.20. The minimum Gasteiger partial charge on any atom is -0.340 e. The molecule has 1 atom stereocenters. The van der Waals surface area contributed by atoms with Crippen LogP contribution in [0.25, 0.3) is 16.7 Å². The van der Waals surface area contributed by atoms with Gasteiger partial charge in [-0.2, -0.15) is 11.8 Å². The molecule has 0 aliphatic carbocycles. The molecule has 9 heteroatoms. The molecule has 2 fully saturated rings. The number of nitrogens with zero attached hydrogens (tertiary/aromatic N) is 6. The summed E-state index contributed by atoms with van der Waals surface area (Å²) in [7, 11) is 1.73. The van der Waals surface area contributed by atoms with Gasteiger partial charge < -0.3 is 4.90 Å². The first-order chi connectivity index (χ1) is 14.5. The Labute approximate surface area is 178 Å². The Morgan fingerprint density at radius 3 is 2.80 bits per heavy atom. The van der Waals surface area contributed by atoms with Crippen LogP contribution >= 0.6 is 11.8 Å². The van der Waals surface area contributed by atoms with E-state index < -0.39 is 0 Å². The van der Waals surface area contributed by atoms with Gasteiger partial charge in [0.25, 0.3) is 5.56 Å². The number of carbonyl (C=O) groups is 1. The molecule has 4 heterocycles. The van der Waals surface area contributed by atoms with E-state index >= 15 is 0 Å². The van der Waals surface area contributed by atoms with Crippen LogP contribution in [0.3, 0.4) is 0 Å². The van der Waals surface area contributed by atoms with Gasteiger partial charge in [-0.3, -0.25) is 23.5 Å². The van der Waals surface area contributed by atoms with Gasteiger partial charge in [-0.1, -0.05) is 11.6 Å². The number of rotatable bonds is 3. The number of aromatic nitrogens is 4. The van der Waals surface area contributed by atoms with Gasteiger partial charge >= 0.3 is 0 Å². The van der Waals surface area contributed by atoms with E-state index in [0.717, 1.165) is 60.9 Å². The second-order valence-electron chi connectivity index (χ2n) is 8.20. The van der Waals surface area contributed by atoms with Crippen LogP contribution in [0.2, 0.25) is 0 Å². The van der Waals surface area contributed by atoms with Crippen LogP contribution in [0.4, 0.5) is 0 Å². The Morgan fingerprint density at radius 2 is 2.00 bits per heavy atom. The fourth-order valence-corrected chi connectivity index (χ4v) is 5.54. The highest BCUT2D eigenvalue weighted by atomic mass is 32.2. The predicted molar refractivity (Wildman–Crippen MR) is 118 cm³/mol. The van der Waals surface area contributed by atoms with Crippen molar-refractivity contribution in [3.8, 4) is 0 Å². The summed E-state index contributed by atoms with van der Waals surface area (Å²) < 4.78 is 3.52. The molecular formula is C21H26N6O2S. The van der Waals surface area contributed by atoms with Crippen molar-refractivity contribution >= 4 is 34.3 Å². The summed E-state index contributed by atoms with van der Waals surface area (Å²) >= 11 is 1.91. The molecule has 3 aromatic rings. The first kappa shape index (κ1) is 19.6. The summed E-state index contributed by atoms with van der Waals surface area (Å²) in [4.78, 5) is 30.2. The van der Waals surface area contributed by atoms with Gasteiger partial charge in [0, 0.05) is 31.6 Å². The van der Waals surface area contributed by atoms with E-state index in [0.29, 0.717) is 17.7 Å². The number of likely N-dealkylation sites (tertiary alicyclic amines) is 1. The molecule has 2 aromatic heterocycles. The zero-order chi connectivity index (χ0) is 20.8. The van der Waals surface area contributed by atoms with Crippen molar-refractivity contribution in [2.75, 3.05) is 31.1 Å². The number of benzene rings is 1. The molecular weight excluding hydrogens is 400 g/mol. The zero-order valence-corrected chi connectivity index (χ0v) is 18.2. The molecule has 158 valence electrons. The van der Waals surface area contributed by atoms with Crippen LogP contribution in [0.1, 0.15) is 24.2 Å². The highest BCUT2D eigenvalue weighted by molar-refractivity contribution is 7.99. The maximum atomic E-state index is 13.1. The average Bonchev–Trinajstić information content (AvgIpc) is 3.40. The Hall–Kier alpha value is -2.39. The zero-order valence-electron chi connectivity index (χ0n) is 17.4. The maximum absolute atomic E-state index is 13.1. The molecule has 1 aromatic carbocycles. The Morgan fingerprint density at radius 1 is 1.20 bits per heavy atom. The molecule has 0 spiro atoms. The van der Waals surface area contributed by atoms with E-state index in [4.69, 9.17) is 0 Å². The van der Waals surface area contributed by atoms with Crippen molar-refractivity contribution in [2.45, 2.75) is 32.4 Å². The van der Waals surface area contributed by atoms with Crippen LogP contribution in [0, 0.1) is 6.92 Å². The SMILES string of the molecule is Cc1ccc2c(c1)c(=O)n(C)c1nnc(CN3CCCC3C(=O)N3CCSCC3)n21. The second-order valence-corrected chi connectivity index (χ2v) is 9.43. The fraction of sp³-hybridized carbons (Fsp3) is 0.524. The van der Waals surface area contributed by atoms with Crippen LogP contribution < -0.4 is 5.56 Å². The van der Waals surface area contributed by atoms with Gasteiger partial charge in [-0.25, -0.2) is 0 Å². The Bertz CT molecular complexity index is 1180. The van der Waals surface area contributed by atoms with E-state index in [-0.39, 0.29) is 17.5 Å². The summed E-state index contributed by atoms with van der Waals surface area (Å²) in [5.74, 6) is 3.58. The monoisotopic (exact) mass is 426 g/mol. The highest BCUT2D eigenvalue weighted by Crippen LogP contribution is 2.24. The molecule has 30 heavy (non-hydrogen) atoms. The predicted octanol–water partition coefficient (Wildman–Crippen LogP) is 1.43. The van der Waals surface area contributed by atoms with Gasteiger partial charge in [-0.05, 0) is 38.4 Å². The molecule has 0 saturated carbocycles. The van der Waals surface area contributed by atoms with Gasteiger partial charge in [0.1, 0.15) is 0 Å². The normalized spacial score (nSPS) is 20.5. The van der Waals surface area contributed by atoms with Crippen LogP contribution in [0.5, 0.6) is 0 Å². The Balaban J connectivity index is 1.51. The van der Waals surface area contributed by atoms with Gasteiger partial charge in [-0.15, -0.1) is 10.2 Å². The first-order valence-corrected chi connectivity index (χ1v) is 11.6. The summed E-state index contributed by atoms with van der Waals surface area (Å²) in [5, 5.41) is 9.39. The molecule has 0 bridgehead atoms.